The lowest BCUT2D eigenvalue weighted by Crippen LogP contribution is -2.30. The zero-order valence-electron chi connectivity index (χ0n) is 13.0. The third kappa shape index (κ3) is 3.37. The van der Waals surface area contributed by atoms with Crippen molar-refractivity contribution in [3.8, 4) is 11.5 Å². The second-order valence-electron chi connectivity index (χ2n) is 6.07. The smallest absolute Gasteiger partial charge is 0.196 e. The summed E-state index contributed by atoms with van der Waals surface area (Å²) in [5.41, 5.74) is 1.24. The van der Waals surface area contributed by atoms with Crippen molar-refractivity contribution in [2.24, 2.45) is 5.92 Å². The van der Waals surface area contributed by atoms with E-state index in [0.717, 1.165) is 25.9 Å². The van der Waals surface area contributed by atoms with Crippen molar-refractivity contribution in [1.29, 1.82) is 0 Å². The summed E-state index contributed by atoms with van der Waals surface area (Å²) in [6, 6.07) is 11.9. The maximum Gasteiger partial charge on any atom is 0.196 e. The van der Waals surface area contributed by atoms with E-state index in [-0.39, 0.29) is 22.8 Å². The molecule has 1 unspecified atom stereocenters. The van der Waals surface area contributed by atoms with Crippen LogP contribution in [0.15, 0.2) is 42.5 Å². The van der Waals surface area contributed by atoms with Gasteiger partial charge in [0.05, 0.1) is 5.56 Å². The highest BCUT2D eigenvalue weighted by atomic mass is 16.3. The molecule has 0 radical (unpaired) electrons. The van der Waals surface area contributed by atoms with Crippen molar-refractivity contribution >= 4 is 5.78 Å². The Morgan fingerprint density at radius 3 is 2.61 bits per heavy atom. The van der Waals surface area contributed by atoms with Crippen LogP contribution in [-0.4, -0.2) is 29.1 Å². The van der Waals surface area contributed by atoms with Crippen LogP contribution in [0.1, 0.15) is 34.3 Å². The summed E-state index contributed by atoms with van der Waals surface area (Å²) in [6.07, 6.45) is 2.72. The lowest BCUT2D eigenvalue weighted by molar-refractivity contribution is 0.103. The van der Waals surface area contributed by atoms with Crippen LogP contribution >= 0.6 is 0 Å². The first kappa shape index (κ1) is 15.6. The number of piperidine rings is 1. The summed E-state index contributed by atoms with van der Waals surface area (Å²) in [5.74, 6) is 0.0934. The molecule has 2 aromatic rings. The van der Waals surface area contributed by atoms with Gasteiger partial charge in [0.1, 0.15) is 11.5 Å². The van der Waals surface area contributed by atoms with Gasteiger partial charge in [-0.15, -0.1) is 0 Å². The van der Waals surface area contributed by atoms with Gasteiger partial charge in [-0.25, -0.2) is 0 Å². The summed E-state index contributed by atoms with van der Waals surface area (Å²) in [5, 5.41) is 24.0. The van der Waals surface area contributed by atoms with Crippen molar-refractivity contribution in [2.75, 3.05) is 13.1 Å². The number of benzene rings is 2. The highest BCUT2D eigenvalue weighted by molar-refractivity contribution is 6.11. The van der Waals surface area contributed by atoms with Crippen LogP contribution in [0.25, 0.3) is 0 Å². The number of phenolic OH excluding ortho intramolecular Hbond substituents is 2. The Balaban J connectivity index is 1.90. The molecular weight excluding hydrogens is 290 g/mol. The summed E-state index contributed by atoms with van der Waals surface area (Å²) < 4.78 is 0. The lowest BCUT2D eigenvalue weighted by atomic mass is 9.89. The summed E-state index contributed by atoms with van der Waals surface area (Å²) in [4.78, 5) is 12.6. The highest BCUT2D eigenvalue weighted by Gasteiger charge is 2.22. The predicted molar refractivity (Wildman–Crippen MR) is 88.9 cm³/mol. The van der Waals surface area contributed by atoms with Crippen molar-refractivity contribution in [3.05, 3.63) is 59.2 Å². The first-order valence-corrected chi connectivity index (χ1v) is 8.01. The summed E-state index contributed by atoms with van der Waals surface area (Å²) in [7, 11) is 0. The predicted octanol–water partition coefficient (Wildman–Crippen LogP) is 2.87. The summed E-state index contributed by atoms with van der Waals surface area (Å²) in [6.45, 7) is 1.89. The molecule has 0 bridgehead atoms. The third-order valence-corrected chi connectivity index (χ3v) is 4.43. The molecule has 4 nitrogen and oxygen atoms in total. The van der Waals surface area contributed by atoms with E-state index in [4.69, 9.17) is 0 Å². The molecule has 1 saturated heterocycles. The van der Waals surface area contributed by atoms with Crippen molar-refractivity contribution in [2.45, 2.75) is 19.3 Å². The van der Waals surface area contributed by atoms with E-state index in [1.165, 1.54) is 12.1 Å². The van der Waals surface area contributed by atoms with E-state index in [1.807, 2.05) is 6.07 Å². The number of phenols is 2. The minimum Gasteiger partial charge on any atom is -0.508 e. The molecule has 1 heterocycles. The number of hydrogen-bond acceptors (Lipinski definition) is 4. The fourth-order valence-electron chi connectivity index (χ4n) is 3.14. The van der Waals surface area contributed by atoms with E-state index in [9.17, 15) is 15.0 Å². The molecule has 3 N–H and O–H groups in total. The maximum absolute atomic E-state index is 12.6. The topological polar surface area (TPSA) is 69.6 Å². The molecule has 23 heavy (non-hydrogen) atoms. The van der Waals surface area contributed by atoms with Crippen LogP contribution in [0.4, 0.5) is 0 Å². The van der Waals surface area contributed by atoms with Crippen LogP contribution < -0.4 is 5.32 Å². The fraction of sp³-hybridized carbons (Fsp3) is 0.316. The van der Waals surface area contributed by atoms with Crippen LogP contribution in [0, 0.1) is 5.92 Å². The molecule has 0 aromatic heterocycles. The minimum absolute atomic E-state index is 0.0534. The lowest BCUT2D eigenvalue weighted by Gasteiger charge is -2.23. The van der Waals surface area contributed by atoms with Crippen LogP contribution in [0.2, 0.25) is 0 Å². The van der Waals surface area contributed by atoms with Gasteiger partial charge in [-0.3, -0.25) is 4.79 Å². The van der Waals surface area contributed by atoms with E-state index >= 15 is 0 Å². The minimum atomic E-state index is -0.230. The highest BCUT2D eigenvalue weighted by Crippen LogP contribution is 2.34. The van der Waals surface area contributed by atoms with Gasteiger partial charge >= 0.3 is 0 Å². The van der Waals surface area contributed by atoms with Gasteiger partial charge in [0.25, 0.3) is 0 Å². The normalized spacial score (nSPS) is 17.8. The molecule has 3 rings (SSSR count). The van der Waals surface area contributed by atoms with Crippen molar-refractivity contribution in [3.63, 3.8) is 0 Å². The van der Waals surface area contributed by atoms with Crippen molar-refractivity contribution < 1.29 is 15.0 Å². The van der Waals surface area contributed by atoms with E-state index in [2.05, 4.69) is 5.32 Å². The van der Waals surface area contributed by atoms with Crippen LogP contribution in [-0.2, 0) is 6.42 Å². The molecule has 1 atom stereocenters. The molecular formula is C19H21NO3. The van der Waals surface area contributed by atoms with Gasteiger partial charge in [0.15, 0.2) is 5.78 Å². The van der Waals surface area contributed by atoms with Crippen molar-refractivity contribution in [1.82, 2.24) is 5.32 Å². The number of rotatable bonds is 4. The Bertz CT molecular complexity index is 691. The van der Waals surface area contributed by atoms with Gasteiger partial charge in [-0.05, 0) is 50.4 Å². The molecule has 1 aliphatic heterocycles. The van der Waals surface area contributed by atoms with Gasteiger partial charge in [0, 0.05) is 11.1 Å². The molecule has 0 spiro atoms. The number of carbonyl (C=O) groups excluding carboxylic acids is 1. The molecule has 1 fully saturated rings. The first-order valence-electron chi connectivity index (χ1n) is 8.01. The fourth-order valence-corrected chi connectivity index (χ4v) is 3.14. The van der Waals surface area contributed by atoms with E-state index < -0.39 is 0 Å². The van der Waals surface area contributed by atoms with Crippen LogP contribution in [0.5, 0.6) is 11.5 Å². The Labute approximate surface area is 135 Å². The van der Waals surface area contributed by atoms with E-state index in [1.54, 1.807) is 24.3 Å². The number of hydrogen-bond donors (Lipinski definition) is 3. The average molecular weight is 311 g/mol. The second-order valence-corrected chi connectivity index (χ2v) is 6.07. The molecule has 120 valence electrons. The summed E-state index contributed by atoms with van der Waals surface area (Å²) >= 11 is 0. The Morgan fingerprint density at radius 2 is 1.91 bits per heavy atom. The third-order valence-electron chi connectivity index (χ3n) is 4.43. The molecule has 2 aromatic carbocycles. The second kappa shape index (κ2) is 6.84. The maximum atomic E-state index is 12.6. The number of carbonyl (C=O) groups is 1. The van der Waals surface area contributed by atoms with Gasteiger partial charge in [-0.2, -0.15) is 0 Å². The SMILES string of the molecule is O=C(c1ccccc1)c1ccc(O)c(CC2CCCNC2)c1O. The van der Waals surface area contributed by atoms with Gasteiger partial charge < -0.3 is 15.5 Å². The first-order chi connectivity index (χ1) is 11.2. The largest absolute Gasteiger partial charge is 0.508 e. The zero-order valence-corrected chi connectivity index (χ0v) is 13.0. The number of ketones is 1. The molecule has 4 heteroatoms. The average Bonchev–Trinajstić information content (AvgIpc) is 2.60. The molecule has 0 saturated carbocycles. The zero-order chi connectivity index (χ0) is 16.2. The van der Waals surface area contributed by atoms with Gasteiger partial charge in [-0.1, -0.05) is 30.3 Å². The Kier molecular flexibility index (Phi) is 4.63. The van der Waals surface area contributed by atoms with Crippen LogP contribution in [0.3, 0.4) is 0 Å². The number of aromatic hydroxyl groups is 2. The van der Waals surface area contributed by atoms with E-state index in [0.29, 0.717) is 23.5 Å². The molecule has 0 amide bonds. The molecule has 0 aliphatic carbocycles. The quantitative estimate of drug-likeness (QED) is 0.759. The monoisotopic (exact) mass is 311 g/mol. The Hall–Kier alpha value is -2.33. The number of nitrogens with one attached hydrogen (secondary N) is 1. The standard InChI is InChI=1S/C19H21NO3/c21-17-9-8-15(18(22)14-6-2-1-3-7-14)19(23)16(17)11-13-5-4-10-20-12-13/h1-3,6-9,13,20-21,23H,4-5,10-12H2. The van der Waals surface area contributed by atoms with Gasteiger partial charge in [0.2, 0.25) is 0 Å². The molecule has 1 aliphatic rings. The Morgan fingerprint density at radius 1 is 1.13 bits per heavy atom.